The first-order valence-electron chi connectivity index (χ1n) is 8.14. The molecule has 4 rings (SSSR count). The van der Waals surface area contributed by atoms with E-state index in [0.29, 0.717) is 17.4 Å². The summed E-state index contributed by atoms with van der Waals surface area (Å²) in [6, 6.07) is 16.3. The minimum Gasteiger partial charge on any atom is -0.332 e. The quantitative estimate of drug-likeness (QED) is 0.590. The van der Waals surface area contributed by atoms with Gasteiger partial charge in [0.1, 0.15) is 5.69 Å². The zero-order valence-corrected chi connectivity index (χ0v) is 14.4. The average Bonchev–Trinajstić information content (AvgIpc) is 3.27. The van der Waals surface area contributed by atoms with Gasteiger partial charge >= 0.3 is 0 Å². The number of benzene rings is 2. The van der Waals surface area contributed by atoms with E-state index in [1.54, 1.807) is 0 Å². The lowest BCUT2D eigenvalue weighted by atomic mass is 10.0. The van der Waals surface area contributed by atoms with Gasteiger partial charge in [-0.15, -0.1) is 0 Å². The summed E-state index contributed by atoms with van der Waals surface area (Å²) < 4.78 is 5.41. The Morgan fingerprint density at radius 2 is 1.64 bits per heavy atom. The van der Waals surface area contributed by atoms with Gasteiger partial charge in [-0.05, 0) is 38.5 Å². The number of nitrogens with zero attached hydrogens (tertiary/aromatic N) is 3. The van der Waals surface area contributed by atoms with Crippen molar-refractivity contribution in [3.63, 3.8) is 0 Å². The average molecular weight is 330 g/mol. The van der Waals surface area contributed by atoms with E-state index in [-0.39, 0.29) is 0 Å². The van der Waals surface area contributed by atoms with Crippen LogP contribution in [0.2, 0.25) is 0 Å². The van der Waals surface area contributed by atoms with Crippen molar-refractivity contribution in [1.82, 2.24) is 20.3 Å². The minimum absolute atomic E-state index is 0.430. The van der Waals surface area contributed by atoms with Crippen LogP contribution in [0.1, 0.15) is 16.7 Å². The van der Waals surface area contributed by atoms with Gasteiger partial charge in [0.15, 0.2) is 0 Å². The van der Waals surface area contributed by atoms with E-state index in [9.17, 15) is 0 Å². The van der Waals surface area contributed by atoms with Gasteiger partial charge in [-0.1, -0.05) is 52.7 Å². The highest BCUT2D eigenvalue weighted by atomic mass is 16.5. The first kappa shape index (κ1) is 15.3. The third-order valence-corrected chi connectivity index (χ3v) is 4.21. The molecule has 0 aliphatic carbocycles. The normalized spacial score (nSPS) is 11.0. The van der Waals surface area contributed by atoms with Gasteiger partial charge in [0, 0.05) is 11.1 Å². The van der Waals surface area contributed by atoms with Crippen LogP contribution in [0.3, 0.4) is 0 Å². The van der Waals surface area contributed by atoms with Gasteiger partial charge in [0.25, 0.3) is 5.89 Å². The zero-order chi connectivity index (χ0) is 17.4. The van der Waals surface area contributed by atoms with Crippen LogP contribution in [-0.2, 0) is 0 Å². The number of aromatic amines is 1. The number of nitrogens with one attached hydrogen (secondary N) is 1. The molecule has 0 fully saturated rings. The van der Waals surface area contributed by atoms with Crippen molar-refractivity contribution in [3.8, 4) is 34.2 Å². The van der Waals surface area contributed by atoms with Crippen LogP contribution in [-0.4, -0.2) is 20.3 Å². The molecule has 1 N–H and O–H groups in total. The minimum atomic E-state index is 0.430. The smallest absolute Gasteiger partial charge is 0.276 e. The fourth-order valence-corrected chi connectivity index (χ4v) is 2.73. The molecule has 25 heavy (non-hydrogen) atoms. The molecule has 0 saturated carbocycles. The summed E-state index contributed by atoms with van der Waals surface area (Å²) in [4.78, 5) is 4.48. The van der Waals surface area contributed by atoms with Crippen molar-refractivity contribution < 1.29 is 4.52 Å². The standard InChI is InChI=1S/C20H18N4O/c1-12-5-8-15(9-6-12)19-21-20(25-24-19)18-11-17(22-23-18)16-10-13(2)4-7-14(16)3/h4-11H,1-3H3,(H,22,23). The molecule has 4 aromatic rings. The maximum atomic E-state index is 5.41. The second-order valence-corrected chi connectivity index (χ2v) is 6.27. The lowest BCUT2D eigenvalue weighted by Gasteiger charge is -2.02. The van der Waals surface area contributed by atoms with Crippen molar-refractivity contribution in [2.75, 3.05) is 0 Å². The molecule has 0 bridgehead atoms. The summed E-state index contributed by atoms with van der Waals surface area (Å²) in [6.45, 7) is 6.19. The fourth-order valence-electron chi connectivity index (χ4n) is 2.73. The Morgan fingerprint density at radius 3 is 2.44 bits per heavy atom. The van der Waals surface area contributed by atoms with Crippen LogP contribution in [0.25, 0.3) is 34.2 Å². The highest BCUT2D eigenvalue weighted by Gasteiger charge is 2.14. The van der Waals surface area contributed by atoms with Gasteiger partial charge in [-0.25, -0.2) is 0 Å². The summed E-state index contributed by atoms with van der Waals surface area (Å²) in [5.74, 6) is 0.998. The molecule has 0 unspecified atom stereocenters. The summed E-state index contributed by atoms with van der Waals surface area (Å²) in [7, 11) is 0. The lowest BCUT2D eigenvalue weighted by molar-refractivity contribution is 0.431. The maximum absolute atomic E-state index is 5.41. The van der Waals surface area contributed by atoms with E-state index in [2.05, 4.69) is 52.4 Å². The van der Waals surface area contributed by atoms with Crippen molar-refractivity contribution >= 4 is 0 Å². The fraction of sp³-hybridized carbons (Fsp3) is 0.150. The molecule has 0 aliphatic heterocycles. The Balaban J connectivity index is 1.67. The summed E-state index contributed by atoms with van der Waals surface area (Å²) in [5.41, 5.74) is 7.17. The van der Waals surface area contributed by atoms with Crippen molar-refractivity contribution in [2.24, 2.45) is 0 Å². The highest BCUT2D eigenvalue weighted by molar-refractivity contribution is 5.68. The van der Waals surface area contributed by atoms with Gasteiger partial charge in [-0.2, -0.15) is 10.1 Å². The second kappa shape index (κ2) is 6.02. The van der Waals surface area contributed by atoms with Gasteiger partial charge in [-0.3, -0.25) is 5.10 Å². The van der Waals surface area contributed by atoms with Crippen molar-refractivity contribution in [2.45, 2.75) is 20.8 Å². The van der Waals surface area contributed by atoms with Crippen LogP contribution in [0.4, 0.5) is 0 Å². The molecular formula is C20H18N4O. The predicted octanol–water partition coefficient (Wildman–Crippen LogP) is 4.72. The summed E-state index contributed by atoms with van der Waals surface area (Å²) in [6.07, 6.45) is 0. The van der Waals surface area contributed by atoms with Gasteiger partial charge in [0.2, 0.25) is 5.82 Å². The molecule has 5 nitrogen and oxygen atoms in total. The molecule has 2 aromatic carbocycles. The number of rotatable bonds is 3. The van der Waals surface area contributed by atoms with Crippen LogP contribution >= 0.6 is 0 Å². The van der Waals surface area contributed by atoms with Crippen molar-refractivity contribution in [3.05, 3.63) is 65.2 Å². The Bertz CT molecular complexity index is 1030. The van der Waals surface area contributed by atoms with E-state index in [1.165, 1.54) is 16.7 Å². The van der Waals surface area contributed by atoms with E-state index in [0.717, 1.165) is 16.8 Å². The Labute approximate surface area is 145 Å². The highest BCUT2D eigenvalue weighted by Crippen LogP contribution is 2.27. The van der Waals surface area contributed by atoms with E-state index < -0.39 is 0 Å². The lowest BCUT2D eigenvalue weighted by Crippen LogP contribution is -1.84. The third kappa shape index (κ3) is 2.96. The summed E-state index contributed by atoms with van der Waals surface area (Å²) in [5, 5.41) is 11.5. The van der Waals surface area contributed by atoms with E-state index >= 15 is 0 Å². The number of hydrogen-bond donors (Lipinski definition) is 1. The Hall–Kier alpha value is -3.21. The molecule has 0 radical (unpaired) electrons. The van der Waals surface area contributed by atoms with E-state index in [4.69, 9.17) is 4.52 Å². The maximum Gasteiger partial charge on any atom is 0.276 e. The molecule has 0 amide bonds. The van der Waals surface area contributed by atoms with Gasteiger partial charge < -0.3 is 4.52 Å². The molecule has 2 heterocycles. The first-order chi connectivity index (χ1) is 12.1. The molecule has 0 spiro atoms. The second-order valence-electron chi connectivity index (χ2n) is 6.27. The number of aromatic nitrogens is 4. The van der Waals surface area contributed by atoms with Crippen LogP contribution in [0.5, 0.6) is 0 Å². The molecule has 0 saturated heterocycles. The number of hydrogen-bond acceptors (Lipinski definition) is 4. The molecule has 124 valence electrons. The molecular weight excluding hydrogens is 312 g/mol. The number of aryl methyl sites for hydroxylation is 3. The van der Waals surface area contributed by atoms with Crippen LogP contribution < -0.4 is 0 Å². The molecule has 0 atom stereocenters. The summed E-state index contributed by atoms with van der Waals surface area (Å²) >= 11 is 0. The monoisotopic (exact) mass is 330 g/mol. The predicted molar refractivity (Wildman–Crippen MR) is 97.0 cm³/mol. The van der Waals surface area contributed by atoms with Crippen LogP contribution in [0, 0.1) is 20.8 Å². The van der Waals surface area contributed by atoms with Crippen molar-refractivity contribution in [1.29, 1.82) is 0 Å². The Morgan fingerprint density at radius 1 is 0.880 bits per heavy atom. The topological polar surface area (TPSA) is 67.6 Å². The largest absolute Gasteiger partial charge is 0.332 e. The number of H-pyrrole nitrogens is 1. The van der Waals surface area contributed by atoms with E-state index in [1.807, 2.05) is 37.3 Å². The molecule has 0 aliphatic rings. The molecule has 2 aromatic heterocycles. The zero-order valence-electron chi connectivity index (χ0n) is 14.4. The molecule has 5 heteroatoms. The Kier molecular flexibility index (Phi) is 3.69. The van der Waals surface area contributed by atoms with Crippen LogP contribution in [0.15, 0.2) is 53.1 Å². The third-order valence-electron chi connectivity index (χ3n) is 4.21. The first-order valence-corrected chi connectivity index (χ1v) is 8.14. The van der Waals surface area contributed by atoms with Gasteiger partial charge in [0.05, 0.1) is 5.69 Å². The SMILES string of the molecule is Cc1ccc(-c2noc(-c3cc(-c4cc(C)ccc4C)n[nH]3)n2)cc1.